The number of benzene rings is 1. The van der Waals surface area contributed by atoms with Gasteiger partial charge in [0.05, 0.1) is 12.9 Å². The maximum Gasteiger partial charge on any atom is 0.264 e. The number of hydrogen-bond donors (Lipinski definition) is 2. The highest BCUT2D eigenvalue weighted by molar-refractivity contribution is 7.85. The van der Waals surface area contributed by atoms with Crippen LogP contribution >= 0.6 is 0 Å². The van der Waals surface area contributed by atoms with Gasteiger partial charge in [0.2, 0.25) is 0 Å². The summed E-state index contributed by atoms with van der Waals surface area (Å²) < 4.78 is 35.7. The Morgan fingerprint density at radius 2 is 2.26 bits per heavy atom. The number of rotatable bonds is 5. The summed E-state index contributed by atoms with van der Waals surface area (Å²) in [5, 5.41) is 3.38. The SMILES string of the molecule is COc1cccc2c1C(CCCS(=O)(=O)O)NCC2. The minimum absolute atomic E-state index is 0.0849. The van der Waals surface area contributed by atoms with Gasteiger partial charge < -0.3 is 10.1 Å². The first-order valence-corrected chi connectivity index (χ1v) is 7.96. The van der Waals surface area contributed by atoms with E-state index in [1.54, 1.807) is 7.11 Å². The zero-order valence-electron chi connectivity index (χ0n) is 10.9. The second-order valence-corrected chi connectivity index (χ2v) is 6.29. The molecule has 0 fully saturated rings. The van der Waals surface area contributed by atoms with Gasteiger partial charge in [-0.2, -0.15) is 8.42 Å². The van der Waals surface area contributed by atoms with Crippen molar-refractivity contribution in [1.82, 2.24) is 5.32 Å². The standard InChI is InChI=1S/C13H19NO4S/c1-18-12-6-2-4-10-7-8-14-11(13(10)12)5-3-9-19(15,16)17/h2,4,6,11,14H,3,5,7-9H2,1H3,(H,15,16,17). The van der Waals surface area contributed by atoms with E-state index in [2.05, 4.69) is 11.4 Å². The van der Waals surface area contributed by atoms with Crippen molar-refractivity contribution in [2.75, 3.05) is 19.4 Å². The van der Waals surface area contributed by atoms with E-state index in [1.165, 1.54) is 5.56 Å². The summed E-state index contributed by atoms with van der Waals surface area (Å²) in [6.07, 6.45) is 2.03. The van der Waals surface area contributed by atoms with E-state index in [-0.39, 0.29) is 11.8 Å². The minimum Gasteiger partial charge on any atom is -0.496 e. The zero-order valence-corrected chi connectivity index (χ0v) is 11.7. The van der Waals surface area contributed by atoms with Crippen LogP contribution in [0.2, 0.25) is 0 Å². The topological polar surface area (TPSA) is 75.6 Å². The van der Waals surface area contributed by atoms with Gasteiger partial charge in [0.1, 0.15) is 5.75 Å². The van der Waals surface area contributed by atoms with E-state index >= 15 is 0 Å². The highest BCUT2D eigenvalue weighted by Crippen LogP contribution is 2.34. The molecule has 1 heterocycles. The maximum absolute atomic E-state index is 10.8. The third-order valence-electron chi connectivity index (χ3n) is 3.40. The second-order valence-electron chi connectivity index (χ2n) is 4.72. The quantitative estimate of drug-likeness (QED) is 0.803. The predicted molar refractivity (Wildman–Crippen MR) is 73.1 cm³/mol. The summed E-state index contributed by atoms with van der Waals surface area (Å²) in [6, 6.07) is 6.05. The highest BCUT2D eigenvalue weighted by Gasteiger charge is 2.23. The van der Waals surface area contributed by atoms with Gasteiger partial charge in [-0.3, -0.25) is 4.55 Å². The van der Waals surface area contributed by atoms with Crippen LogP contribution in [0.1, 0.15) is 30.0 Å². The molecule has 0 bridgehead atoms. The Kier molecular flexibility index (Phi) is 4.44. The molecule has 2 N–H and O–H groups in total. The fraction of sp³-hybridized carbons (Fsp3) is 0.538. The molecule has 1 aromatic rings. The van der Waals surface area contributed by atoms with Crippen molar-refractivity contribution < 1.29 is 17.7 Å². The van der Waals surface area contributed by atoms with Crippen molar-refractivity contribution in [2.24, 2.45) is 0 Å². The Balaban J connectivity index is 2.13. The summed E-state index contributed by atoms with van der Waals surface area (Å²) in [5.41, 5.74) is 2.36. The molecule has 6 heteroatoms. The fourth-order valence-corrected chi connectivity index (χ4v) is 3.11. The first-order chi connectivity index (χ1) is 9.01. The molecular formula is C13H19NO4S. The Morgan fingerprint density at radius 1 is 1.47 bits per heavy atom. The molecule has 0 aromatic heterocycles. The number of nitrogens with one attached hydrogen (secondary N) is 1. The summed E-state index contributed by atoms with van der Waals surface area (Å²) in [4.78, 5) is 0. The van der Waals surface area contributed by atoms with Crippen LogP contribution in [0, 0.1) is 0 Å². The van der Waals surface area contributed by atoms with Gasteiger partial charge >= 0.3 is 0 Å². The lowest BCUT2D eigenvalue weighted by Crippen LogP contribution is -2.30. The molecule has 0 spiro atoms. The highest BCUT2D eigenvalue weighted by atomic mass is 32.2. The molecule has 1 unspecified atom stereocenters. The first kappa shape index (κ1) is 14.3. The Bertz CT molecular complexity index is 527. The van der Waals surface area contributed by atoms with Crippen molar-refractivity contribution in [1.29, 1.82) is 0 Å². The summed E-state index contributed by atoms with van der Waals surface area (Å²) in [7, 11) is -2.24. The molecule has 1 atom stereocenters. The first-order valence-electron chi connectivity index (χ1n) is 6.35. The molecule has 1 aliphatic rings. The van der Waals surface area contributed by atoms with Crippen LogP contribution in [0.3, 0.4) is 0 Å². The van der Waals surface area contributed by atoms with Crippen LogP contribution in [0.15, 0.2) is 18.2 Å². The summed E-state index contributed by atoms with van der Waals surface area (Å²) in [5.74, 6) is 0.636. The Labute approximate surface area is 113 Å². The van der Waals surface area contributed by atoms with E-state index in [4.69, 9.17) is 9.29 Å². The average Bonchev–Trinajstić information content (AvgIpc) is 2.36. The van der Waals surface area contributed by atoms with E-state index in [9.17, 15) is 8.42 Å². The summed E-state index contributed by atoms with van der Waals surface area (Å²) >= 11 is 0. The average molecular weight is 285 g/mol. The monoisotopic (exact) mass is 285 g/mol. The van der Waals surface area contributed by atoms with Gasteiger partial charge in [-0.05, 0) is 37.4 Å². The molecule has 0 radical (unpaired) electrons. The Hall–Kier alpha value is -1.11. The van der Waals surface area contributed by atoms with Gasteiger partial charge in [0, 0.05) is 11.6 Å². The zero-order chi connectivity index (χ0) is 13.9. The molecule has 106 valence electrons. The largest absolute Gasteiger partial charge is 0.496 e. The van der Waals surface area contributed by atoms with E-state index in [0.29, 0.717) is 12.8 Å². The van der Waals surface area contributed by atoms with E-state index < -0.39 is 10.1 Å². The third-order valence-corrected chi connectivity index (χ3v) is 4.21. The van der Waals surface area contributed by atoms with Crippen LogP contribution in [-0.4, -0.2) is 32.4 Å². The normalized spacial score (nSPS) is 18.9. The van der Waals surface area contributed by atoms with Crippen LogP contribution in [0.4, 0.5) is 0 Å². The molecule has 0 saturated heterocycles. The molecule has 1 aromatic carbocycles. The lowest BCUT2D eigenvalue weighted by Gasteiger charge is -2.28. The van der Waals surface area contributed by atoms with Crippen molar-refractivity contribution in [3.8, 4) is 5.75 Å². The van der Waals surface area contributed by atoms with Crippen molar-refractivity contribution in [3.63, 3.8) is 0 Å². The third kappa shape index (κ3) is 3.68. The van der Waals surface area contributed by atoms with Gasteiger partial charge in [0.25, 0.3) is 10.1 Å². The van der Waals surface area contributed by atoms with Crippen LogP contribution < -0.4 is 10.1 Å². The number of fused-ring (bicyclic) bond motifs is 1. The van der Waals surface area contributed by atoms with Crippen LogP contribution in [0.5, 0.6) is 5.75 Å². The number of hydrogen-bond acceptors (Lipinski definition) is 4. The molecule has 1 aliphatic heterocycles. The van der Waals surface area contributed by atoms with Crippen molar-refractivity contribution in [3.05, 3.63) is 29.3 Å². The minimum atomic E-state index is -3.88. The van der Waals surface area contributed by atoms with Crippen LogP contribution in [0.25, 0.3) is 0 Å². The molecule has 0 amide bonds. The maximum atomic E-state index is 10.8. The Morgan fingerprint density at radius 3 is 2.95 bits per heavy atom. The van der Waals surface area contributed by atoms with Gasteiger partial charge in [-0.1, -0.05) is 12.1 Å². The molecular weight excluding hydrogens is 266 g/mol. The van der Waals surface area contributed by atoms with Gasteiger partial charge in [-0.25, -0.2) is 0 Å². The predicted octanol–water partition coefficient (Wildman–Crippen LogP) is 1.55. The molecule has 19 heavy (non-hydrogen) atoms. The van der Waals surface area contributed by atoms with E-state index in [1.807, 2.05) is 12.1 Å². The van der Waals surface area contributed by atoms with Gasteiger partial charge in [0.15, 0.2) is 0 Å². The fourth-order valence-electron chi connectivity index (χ4n) is 2.58. The second kappa shape index (κ2) is 5.90. The van der Waals surface area contributed by atoms with Crippen molar-refractivity contribution in [2.45, 2.75) is 25.3 Å². The molecule has 0 aliphatic carbocycles. The molecule has 5 nitrogen and oxygen atoms in total. The summed E-state index contributed by atoms with van der Waals surface area (Å²) in [6.45, 7) is 0.872. The number of ether oxygens (including phenoxy) is 1. The lowest BCUT2D eigenvalue weighted by molar-refractivity contribution is 0.385. The number of methoxy groups -OCH3 is 1. The smallest absolute Gasteiger partial charge is 0.264 e. The van der Waals surface area contributed by atoms with Gasteiger partial charge in [-0.15, -0.1) is 0 Å². The van der Waals surface area contributed by atoms with E-state index in [0.717, 1.165) is 24.3 Å². The molecule has 2 rings (SSSR count). The van der Waals surface area contributed by atoms with Crippen molar-refractivity contribution >= 4 is 10.1 Å². The lowest BCUT2D eigenvalue weighted by atomic mass is 9.91. The molecule has 0 saturated carbocycles. The van der Waals surface area contributed by atoms with Crippen LogP contribution in [-0.2, 0) is 16.5 Å².